The van der Waals surface area contributed by atoms with Gasteiger partial charge in [-0.25, -0.2) is 0 Å². The zero-order valence-electron chi connectivity index (χ0n) is 74.0. The summed E-state index contributed by atoms with van der Waals surface area (Å²) < 4.78 is 16.5. The third-order valence-electron chi connectivity index (χ3n) is 26.7. The number of nitrogens with zero attached hydrogens (tertiary/aromatic N) is 24. The van der Waals surface area contributed by atoms with Gasteiger partial charge in [0.1, 0.15) is 0 Å². The number of aryl methyl sites for hydroxylation is 8. The van der Waals surface area contributed by atoms with Crippen LogP contribution in [0.15, 0.2) is 276 Å². The summed E-state index contributed by atoms with van der Waals surface area (Å²) in [6, 6.07) is 64.0. The molecule has 8 aliphatic heterocycles. The molecule has 40 heteroatoms. The third kappa shape index (κ3) is 13.6. The number of aromatic nitrogens is 24. The van der Waals surface area contributed by atoms with Gasteiger partial charge in [-0.2, -0.15) is 0 Å². The first-order valence-corrected chi connectivity index (χ1v) is 50.1. The molecule has 0 amide bonds. The number of hydrogen-bond acceptors (Lipinski definition) is 24. The summed E-state index contributed by atoms with van der Waals surface area (Å²) in [7, 11) is 16.2. The monoisotopic (exact) mass is 2670 g/mol. The molecule has 16 aromatic heterocycles. The summed E-state index contributed by atoms with van der Waals surface area (Å²) in [5.74, 6) is 6.42. The Morgan fingerprint density at radius 3 is 0.536 bits per heavy atom. The summed E-state index contributed by atoms with van der Waals surface area (Å²) in [5, 5.41) is 7.08. The van der Waals surface area contributed by atoms with Crippen LogP contribution in [0.25, 0.3) is 135 Å². The Kier molecular flexibility index (Phi) is 22.2. The molecular weight excluding hydrogens is 2620 g/mol. The fraction of sp³-hybridized carbons (Fsp3) is 0.0800. The smallest absolute Gasteiger partial charge is 0.373 e. The molecule has 0 spiro atoms. The zero-order valence-corrected chi connectivity index (χ0v) is 89.7. The summed E-state index contributed by atoms with van der Waals surface area (Å²) >= 11 is 13.7. The van der Waals surface area contributed by atoms with Crippen molar-refractivity contribution < 1.29 is 84.3 Å². The van der Waals surface area contributed by atoms with Gasteiger partial charge in [0, 0.05) is 185 Å². The average Bonchev–Trinajstić information content (AvgIpc) is 0.853. The van der Waals surface area contributed by atoms with Crippen molar-refractivity contribution in [3.8, 4) is 91.1 Å². The van der Waals surface area contributed by atoms with E-state index < -0.39 is 0 Å². The van der Waals surface area contributed by atoms with Crippen LogP contribution in [0.5, 0.6) is 0 Å². The van der Waals surface area contributed by atoms with Crippen LogP contribution in [-0.2, 0) is 141 Å². The van der Waals surface area contributed by atoms with Crippen LogP contribution in [0.2, 0.25) is 0 Å². The molecule has 6 aromatic carbocycles. The Hall–Kier alpha value is -10.9. The topological polar surface area (TPSA) is 246 Å². The Labute approximate surface area is 893 Å². The first kappa shape index (κ1) is 90.3. The Morgan fingerprint density at radius 1 is 0.214 bits per heavy atom. The first-order valence-electron chi connectivity index (χ1n) is 43.5. The predicted octanol–water partition coefficient (Wildman–Crippen LogP) is 10.5. The second kappa shape index (κ2) is 34.4. The number of para-hydroxylation sites is 8. The molecule has 0 radical (unpaired) electrons. The van der Waals surface area contributed by atoms with Crippen LogP contribution in [-0.4, -0.2) is 143 Å². The number of rotatable bonds is 8. The van der Waals surface area contributed by atoms with Crippen LogP contribution in [0.3, 0.4) is 0 Å². The van der Waals surface area contributed by atoms with Crippen LogP contribution >= 0.6 is 94.1 Å². The molecule has 8 aliphatic rings. The van der Waals surface area contributed by atoms with E-state index in [0.29, 0.717) is 0 Å². The molecule has 0 bridgehead atoms. The summed E-state index contributed by atoms with van der Waals surface area (Å²) in [6.07, 6.45) is 30.3. The minimum Gasteiger partial charge on any atom is -0.373 e. The van der Waals surface area contributed by atoms with E-state index >= 15 is 0 Å². The van der Waals surface area contributed by atoms with Crippen LogP contribution in [0.4, 0.5) is 0 Å². The molecule has 0 saturated heterocycles. The maximum absolute atomic E-state index is 5.35. The number of fused-ring (bicyclic) bond motifs is 24. The van der Waals surface area contributed by atoms with Gasteiger partial charge in [0.05, 0.1) is 90.7 Å². The molecular formula is C100H56B4N24Pt4S8. The molecule has 0 aliphatic carbocycles. The van der Waals surface area contributed by atoms with Crippen molar-refractivity contribution >= 4 is 231 Å². The van der Waals surface area contributed by atoms with Gasteiger partial charge in [-0.3, -0.25) is 39.9 Å². The van der Waals surface area contributed by atoms with Gasteiger partial charge in [0.15, 0.2) is 0 Å². The van der Waals surface area contributed by atoms with Gasteiger partial charge in [0.2, 0.25) is 26.9 Å². The van der Waals surface area contributed by atoms with Crippen molar-refractivity contribution in [3.05, 3.63) is 245 Å². The van der Waals surface area contributed by atoms with Crippen molar-refractivity contribution in [2.75, 3.05) is 0 Å². The first-order chi connectivity index (χ1) is 66.7. The molecule has 676 valence electrons. The van der Waals surface area contributed by atoms with E-state index in [4.69, 9.17) is 59.8 Å². The van der Waals surface area contributed by atoms with Crippen molar-refractivity contribution in [2.24, 2.45) is 56.4 Å². The Morgan fingerprint density at radius 2 is 0.379 bits per heavy atom. The normalized spacial score (nSPS) is 13.5. The van der Waals surface area contributed by atoms with E-state index in [-0.39, 0.29) is 111 Å². The quantitative estimate of drug-likeness (QED) is 0.101. The van der Waals surface area contributed by atoms with Crippen molar-refractivity contribution in [3.63, 3.8) is 0 Å². The van der Waals surface area contributed by atoms with Gasteiger partial charge in [-0.1, -0.05) is 143 Å². The van der Waals surface area contributed by atoms with Gasteiger partial charge in [-0.05, 0) is 70.4 Å². The Bertz CT molecular complexity index is 8130. The molecule has 22 aromatic rings. The molecule has 140 heavy (non-hydrogen) atoms. The van der Waals surface area contributed by atoms with Crippen molar-refractivity contribution in [2.45, 2.75) is 79.4 Å². The number of benzene rings is 6. The second-order valence-corrected chi connectivity index (χ2v) is 42.3. The maximum Gasteiger partial charge on any atom is 2.00 e. The van der Waals surface area contributed by atoms with Gasteiger partial charge >= 0.3 is 84.3 Å². The Balaban J connectivity index is 0.000000147. The maximum atomic E-state index is 5.35. The molecule has 0 atom stereocenters. The molecule has 0 unspecified atom stereocenters. The molecule has 0 fully saturated rings. The molecule has 24 heterocycles. The van der Waals surface area contributed by atoms with Gasteiger partial charge in [0.25, 0.3) is 0 Å². The number of pyridine rings is 8. The van der Waals surface area contributed by atoms with Crippen LogP contribution in [0, 0.1) is 48.5 Å². The van der Waals surface area contributed by atoms with E-state index in [0.717, 1.165) is 258 Å². The molecule has 0 saturated carbocycles. The van der Waals surface area contributed by atoms with Gasteiger partial charge in [-0.15, -0.1) is 186 Å². The fourth-order valence-corrected chi connectivity index (χ4v) is 30.5. The van der Waals surface area contributed by atoms with E-state index in [1.807, 2.05) is 169 Å². The van der Waals surface area contributed by atoms with E-state index in [9.17, 15) is 0 Å². The summed E-state index contributed by atoms with van der Waals surface area (Å²) in [4.78, 5) is 90.5. The van der Waals surface area contributed by atoms with Crippen molar-refractivity contribution in [1.82, 2.24) is 116 Å². The zero-order chi connectivity index (χ0) is 90.2. The number of hydrogen-bond donors (Lipinski definition) is 0. The molecule has 24 nitrogen and oxygen atoms in total. The standard InChI is InChI=1S/C58H32B2N12S4.C42H24B2N12S4.4Pt/c1-69-41-17-9-5-13-37(41)65-51(69)29-21-33-55(61-25-29)73-47-45-48(74-56-34(59(33)45)22-30(26-62-56)52-66-38-14-6-10-18-42(38)70(52)2)50-46-49(47)75-57-35(23-31(27-63-57)53-67-39-15-7-11-19-43(39)71(53)3)60(46)36-24-32(28-64-58(36)76-50)54-68-40-16-8-12-20-44(40)72(54)4;1-53-9-5-45-35(53)21-13-25-39(49-17-21)57-31-29-32(58-40-26(43(25)29)14-22(18-50-40)36-46-6-10-54(36)2)34-30-33(31)59-41-27(15-23(19-51-41)37-47-7-11-55(37)3)44(30)28-16-24(20-52-42(28)60-34)38-48-8-12-56(38)4;;;;/h5-20,25-28H,1-4H3;5-12,17-20H,1-4H3;;;;/q2*-4;4*+2. The SMILES string of the molecule is Cn1c(-c2[c-]c3c(nc2)Sc2c4c5c(c6c2B3c2[c-]c(-c3nc7ccccc7n3C)cnc2S6)Sc2ncc(-c3nc6ccccc6n3C)[c-]c2B5c2[c-]c(-c3nc5ccccc5n3C)cnc2S4)nc2ccccc21.Cn1ccnc1-c1[c-]c2c(nc1)Sc1c3c4c(c5c1B2c1[c-]c(-c2nccn2C)cnc1S5)Sc1ncc(-c2nccn2C)[c-]c1B4c1[c-]c(-c2nccn2C)cnc1S3.[Pt+2].[Pt+2].[Pt+2].[Pt+2]. The number of imidazole rings is 8. The van der Waals surface area contributed by atoms with Gasteiger partial charge < -0.3 is 76.4 Å². The van der Waals surface area contributed by atoms with Crippen LogP contribution in [0.1, 0.15) is 0 Å². The average molecular weight is 2670 g/mol. The second-order valence-electron chi connectivity index (χ2n) is 34.3. The summed E-state index contributed by atoms with van der Waals surface area (Å²) in [6.45, 7) is -1.18. The minimum atomic E-state index is -0.329. The van der Waals surface area contributed by atoms with E-state index in [1.165, 1.54) is 21.9 Å². The molecule has 0 N–H and O–H groups in total. The van der Waals surface area contributed by atoms with Crippen molar-refractivity contribution in [1.29, 1.82) is 0 Å². The minimum absolute atomic E-state index is 0. The molecule has 30 rings (SSSR count). The fourth-order valence-electron chi connectivity index (χ4n) is 20.3. The van der Waals surface area contributed by atoms with E-state index in [1.54, 1.807) is 119 Å². The van der Waals surface area contributed by atoms with Crippen LogP contribution < -0.4 is 65.6 Å². The van der Waals surface area contributed by atoms with E-state index in [2.05, 4.69) is 163 Å². The largest absolute Gasteiger partial charge is 2.00 e. The summed E-state index contributed by atoms with van der Waals surface area (Å²) in [5.41, 5.74) is 27.0. The predicted molar refractivity (Wildman–Crippen MR) is 537 cm³/mol. The third-order valence-corrected chi connectivity index (χ3v) is 36.4.